The zero-order valence-electron chi connectivity index (χ0n) is 18.1. The van der Waals surface area contributed by atoms with Crippen LogP contribution in [0.4, 0.5) is 0 Å². The molecule has 2 heterocycles. The Hall–Kier alpha value is -1.21. The maximum Gasteiger partial charge on any atom is 0.302 e. The summed E-state index contributed by atoms with van der Waals surface area (Å²) in [6.45, 7) is 7.97. The Bertz CT molecular complexity index is 947. The van der Waals surface area contributed by atoms with E-state index in [9.17, 15) is 4.79 Å². The van der Waals surface area contributed by atoms with Crippen molar-refractivity contribution in [3.63, 3.8) is 0 Å². The number of nitrogens with zero attached hydrogens (tertiary/aromatic N) is 2. The van der Waals surface area contributed by atoms with E-state index in [1.807, 2.05) is 17.8 Å². The monoisotopic (exact) mass is 514 g/mol. The lowest BCUT2D eigenvalue weighted by molar-refractivity contribution is -0.141. The van der Waals surface area contributed by atoms with Gasteiger partial charge >= 0.3 is 5.97 Å². The molecule has 32 heavy (non-hydrogen) atoms. The van der Waals surface area contributed by atoms with Gasteiger partial charge in [-0.3, -0.25) is 9.69 Å². The number of fused-ring (bicyclic) bond motifs is 2. The maximum absolute atomic E-state index is 10.9. The third-order valence-electron chi connectivity index (χ3n) is 5.60. The summed E-state index contributed by atoms with van der Waals surface area (Å²) in [4.78, 5) is 18.4. The lowest BCUT2D eigenvalue weighted by atomic mass is 9.96. The van der Waals surface area contributed by atoms with Crippen molar-refractivity contribution in [3.05, 3.63) is 64.7 Å². The number of hydrogen-bond donors (Lipinski definition) is 0. The summed E-state index contributed by atoms with van der Waals surface area (Å²) in [6.07, 6.45) is 3.38. The third kappa shape index (κ3) is 6.89. The summed E-state index contributed by atoms with van der Waals surface area (Å²) >= 11 is 8.13. The number of halogens is 3. The topological polar surface area (TPSA) is 32.8 Å². The molecule has 1 fully saturated rings. The fraction of sp³-hybridized carbons (Fsp3) is 0.375. The summed E-state index contributed by atoms with van der Waals surface area (Å²) in [7, 11) is 0. The van der Waals surface area contributed by atoms with E-state index >= 15 is 0 Å². The standard InChI is InChI=1S/C24H27ClN2O2S.2ClH/c1-18(28)29-16-15-27-13-11-26(12-14-27)10-4-6-20-21-5-2-3-7-23(21)30-24-9-8-19(25)17-22(20)24;;/h2-3,5-9,17H,4,10-16H2,1H3;2*1H/b20-6+;;. The molecule has 0 N–H and O–H groups in total. The average Bonchev–Trinajstić information content (AvgIpc) is 2.74. The number of carbonyl (C=O) groups is 1. The second kappa shape index (κ2) is 12.9. The molecule has 0 aromatic heterocycles. The molecule has 0 unspecified atom stereocenters. The first-order valence-electron chi connectivity index (χ1n) is 10.5. The van der Waals surface area contributed by atoms with Crippen LogP contribution < -0.4 is 0 Å². The summed E-state index contributed by atoms with van der Waals surface area (Å²) in [6, 6.07) is 14.8. The van der Waals surface area contributed by atoms with Gasteiger partial charge in [-0.15, -0.1) is 24.8 Å². The number of benzene rings is 2. The molecule has 0 bridgehead atoms. The molecule has 0 amide bonds. The van der Waals surface area contributed by atoms with Crippen LogP contribution in [0.25, 0.3) is 5.57 Å². The fourth-order valence-corrected chi connectivity index (χ4v) is 5.27. The number of ether oxygens (including phenoxy) is 1. The molecule has 0 spiro atoms. The van der Waals surface area contributed by atoms with E-state index in [0.717, 1.165) is 50.7 Å². The maximum atomic E-state index is 10.9. The first-order valence-corrected chi connectivity index (χ1v) is 11.6. The van der Waals surface area contributed by atoms with Crippen molar-refractivity contribution >= 4 is 59.7 Å². The normalized spacial score (nSPS) is 17.0. The molecule has 0 atom stereocenters. The van der Waals surface area contributed by atoms with Gasteiger partial charge in [0, 0.05) is 61.0 Å². The zero-order valence-corrected chi connectivity index (χ0v) is 21.3. The Morgan fingerprint density at radius 1 is 1.00 bits per heavy atom. The molecule has 4 nitrogen and oxygen atoms in total. The smallest absolute Gasteiger partial charge is 0.302 e. The highest BCUT2D eigenvalue weighted by atomic mass is 35.5. The van der Waals surface area contributed by atoms with Crippen LogP contribution in [0.1, 0.15) is 24.5 Å². The first kappa shape index (κ1) is 27.0. The SMILES string of the molecule is CC(=O)OCCN1CCN(CC/C=C2\c3ccccc3Sc3ccc(Cl)cc32)CC1.Cl.Cl. The summed E-state index contributed by atoms with van der Waals surface area (Å²) in [5.74, 6) is -0.202. The van der Waals surface area contributed by atoms with E-state index in [1.54, 1.807) is 0 Å². The second-order valence-corrected chi connectivity index (χ2v) is 9.19. The molecule has 2 aromatic carbocycles. The molecule has 2 aliphatic rings. The predicted molar refractivity (Wildman–Crippen MR) is 138 cm³/mol. The van der Waals surface area contributed by atoms with Crippen molar-refractivity contribution in [2.45, 2.75) is 23.1 Å². The van der Waals surface area contributed by atoms with Gasteiger partial charge in [-0.25, -0.2) is 0 Å². The molecular weight excluding hydrogens is 487 g/mol. The Morgan fingerprint density at radius 2 is 1.66 bits per heavy atom. The zero-order chi connectivity index (χ0) is 20.9. The van der Waals surface area contributed by atoms with E-state index in [-0.39, 0.29) is 30.8 Å². The number of carbonyl (C=O) groups excluding carboxylic acids is 1. The van der Waals surface area contributed by atoms with Crippen LogP contribution in [0.15, 0.2) is 58.3 Å². The minimum absolute atomic E-state index is 0. The van der Waals surface area contributed by atoms with Crippen LogP contribution in [0.5, 0.6) is 0 Å². The van der Waals surface area contributed by atoms with Crippen molar-refractivity contribution in [2.24, 2.45) is 0 Å². The second-order valence-electron chi connectivity index (χ2n) is 7.67. The van der Waals surface area contributed by atoms with E-state index in [0.29, 0.717) is 6.61 Å². The number of rotatable bonds is 6. The highest BCUT2D eigenvalue weighted by Crippen LogP contribution is 2.46. The number of piperazine rings is 1. The molecule has 174 valence electrons. The predicted octanol–water partition coefficient (Wildman–Crippen LogP) is 5.65. The van der Waals surface area contributed by atoms with E-state index in [2.05, 4.69) is 52.3 Å². The van der Waals surface area contributed by atoms with E-state index in [4.69, 9.17) is 16.3 Å². The van der Waals surface area contributed by atoms with Crippen molar-refractivity contribution in [2.75, 3.05) is 45.9 Å². The Morgan fingerprint density at radius 3 is 2.38 bits per heavy atom. The van der Waals surface area contributed by atoms with Crippen LogP contribution in [0, 0.1) is 0 Å². The van der Waals surface area contributed by atoms with Gasteiger partial charge in [-0.2, -0.15) is 0 Å². The van der Waals surface area contributed by atoms with Crippen LogP contribution in [-0.4, -0.2) is 61.6 Å². The van der Waals surface area contributed by atoms with E-state index < -0.39 is 0 Å². The third-order valence-corrected chi connectivity index (χ3v) is 6.99. The summed E-state index contributed by atoms with van der Waals surface area (Å²) < 4.78 is 5.06. The summed E-state index contributed by atoms with van der Waals surface area (Å²) in [5, 5.41) is 0.782. The highest BCUT2D eigenvalue weighted by Gasteiger charge is 2.21. The minimum atomic E-state index is -0.202. The molecule has 8 heteroatoms. The molecule has 0 radical (unpaired) electrons. The lowest BCUT2D eigenvalue weighted by Crippen LogP contribution is -2.47. The highest BCUT2D eigenvalue weighted by molar-refractivity contribution is 7.99. The van der Waals surface area contributed by atoms with Crippen LogP contribution in [0.3, 0.4) is 0 Å². The van der Waals surface area contributed by atoms with Crippen LogP contribution in [0.2, 0.25) is 5.02 Å². The lowest BCUT2D eigenvalue weighted by Gasteiger charge is -2.34. The van der Waals surface area contributed by atoms with Gasteiger partial charge in [0.2, 0.25) is 0 Å². The Labute approximate surface area is 212 Å². The van der Waals surface area contributed by atoms with Crippen molar-refractivity contribution in [1.82, 2.24) is 9.80 Å². The fourth-order valence-electron chi connectivity index (χ4n) is 4.01. The van der Waals surface area contributed by atoms with Crippen molar-refractivity contribution in [1.29, 1.82) is 0 Å². The van der Waals surface area contributed by atoms with Gasteiger partial charge in [0.15, 0.2) is 0 Å². The molecule has 1 saturated heterocycles. The van der Waals surface area contributed by atoms with Gasteiger partial charge in [0.25, 0.3) is 0 Å². The van der Waals surface area contributed by atoms with Gasteiger partial charge < -0.3 is 9.64 Å². The molecule has 4 rings (SSSR count). The van der Waals surface area contributed by atoms with Gasteiger partial charge in [-0.05, 0) is 47.4 Å². The number of hydrogen-bond acceptors (Lipinski definition) is 5. The van der Waals surface area contributed by atoms with Crippen LogP contribution >= 0.6 is 48.2 Å². The Kier molecular flexibility index (Phi) is 10.9. The van der Waals surface area contributed by atoms with Gasteiger partial charge in [0.1, 0.15) is 6.61 Å². The Balaban J connectivity index is 0.00000181. The quantitative estimate of drug-likeness (QED) is 0.396. The summed E-state index contributed by atoms with van der Waals surface area (Å²) in [5.41, 5.74) is 3.83. The molecule has 0 saturated carbocycles. The van der Waals surface area contributed by atoms with Crippen molar-refractivity contribution < 1.29 is 9.53 Å². The number of esters is 1. The molecule has 2 aromatic rings. The van der Waals surface area contributed by atoms with Crippen molar-refractivity contribution in [3.8, 4) is 0 Å². The van der Waals surface area contributed by atoms with Gasteiger partial charge in [-0.1, -0.05) is 47.6 Å². The molecule has 0 aliphatic carbocycles. The van der Waals surface area contributed by atoms with E-state index in [1.165, 1.54) is 33.4 Å². The van der Waals surface area contributed by atoms with Crippen LogP contribution in [-0.2, 0) is 9.53 Å². The molecule has 2 aliphatic heterocycles. The average molecular weight is 516 g/mol. The van der Waals surface area contributed by atoms with Gasteiger partial charge in [0.05, 0.1) is 0 Å². The minimum Gasteiger partial charge on any atom is -0.465 e. The largest absolute Gasteiger partial charge is 0.465 e. The molecular formula is C24H29Cl3N2O2S. The first-order chi connectivity index (χ1) is 14.6.